The van der Waals surface area contributed by atoms with Gasteiger partial charge >= 0.3 is 6.09 Å². The number of nitrogens with zero attached hydrogens (tertiary/aromatic N) is 3. The van der Waals surface area contributed by atoms with Crippen LogP contribution >= 0.6 is 11.8 Å². The van der Waals surface area contributed by atoms with Gasteiger partial charge in [-0.2, -0.15) is 5.21 Å². The Balaban J connectivity index is 1.76. The Hall–Kier alpha value is -3.65. The van der Waals surface area contributed by atoms with Crippen LogP contribution in [0.4, 0.5) is 4.79 Å². The number of H-pyrrole nitrogens is 1. The van der Waals surface area contributed by atoms with Gasteiger partial charge < -0.3 is 10.1 Å². The second-order valence-corrected chi connectivity index (χ2v) is 10.3. The lowest BCUT2D eigenvalue weighted by atomic mass is 9.84. The van der Waals surface area contributed by atoms with E-state index in [1.54, 1.807) is 11.8 Å². The molecule has 8 heteroatoms. The van der Waals surface area contributed by atoms with Gasteiger partial charge in [0.15, 0.2) is 5.82 Å². The Bertz CT molecular complexity index is 1100. The minimum absolute atomic E-state index is 0.395. The fourth-order valence-corrected chi connectivity index (χ4v) is 5.48. The molecule has 0 saturated carbocycles. The molecule has 35 heavy (non-hydrogen) atoms. The monoisotopic (exact) mass is 487 g/mol. The van der Waals surface area contributed by atoms with Gasteiger partial charge in [0, 0.05) is 5.75 Å². The van der Waals surface area contributed by atoms with Crippen LogP contribution in [-0.2, 0) is 9.48 Å². The SMILES string of the molecule is CC(C)(C)OC(=O)N[C@@H](CSC(c1ccccc1)(c1ccccc1)c1ccccc1)c1nn[nH]n1. The van der Waals surface area contributed by atoms with Crippen molar-refractivity contribution in [2.24, 2.45) is 0 Å². The number of hydrogen-bond acceptors (Lipinski definition) is 6. The minimum Gasteiger partial charge on any atom is -0.444 e. The van der Waals surface area contributed by atoms with E-state index in [4.69, 9.17) is 4.74 Å². The van der Waals surface area contributed by atoms with Crippen LogP contribution in [0.5, 0.6) is 0 Å². The van der Waals surface area contributed by atoms with Crippen LogP contribution in [0.3, 0.4) is 0 Å². The molecule has 0 radical (unpaired) electrons. The molecule has 0 aliphatic carbocycles. The third-order valence-electron chi connectivity index (χ3n) is 5.37. The van der Waals surface area contributed by atoms with Crippen molar-refractivity contribution in [3.05, 3.63) is 114 Å². The van der Waals surface area contributed by atoms with E-state index in [0.717, 1.165) is 16.7 Å². The summed E-state index contributed by atoms with van der Waals surface area (Å²) in [5.41, 5.74) is 2.77. The highest BCUT2D eigenvalue weighted by Gasteiger charge is 2.38. The number of amides is 1. The second-order valence-electron chi connectivity index (χ2n) is 9.06. The number of alkyl carbamates (subject to hydrolysis) is 1. The number of benzene rings is 3. The number of hydrogen-bond donors (Lipinski definition) is 2. The molecule has 2 N–H and O–H groups in total. The first-order valence-corrected chi connectivity index (χ1v) is 12.4. The molecule has 180 valence electrons. The van der Waals surface area contributed by atoms with Gasteiger partial charge in [0.05, 0.1) is 4.75 Å². The van der Waals surface area contributed by atoms with Crippen molar-refractivity contribution < 1.29 is 9.53 Å². The smallest absolute Gasteiger partial charge is 0.408 e. The van der Waals surface area contributed by atoms with Gasteiger partial charge in [-0.15, -0.1) is 22.0 Å². The highest BCUT2D eigenvalue weighted by Crippen LogP contribution is 2.49. The van der Waals surface area contributed by atoms with E-state index in [0.29, 0.717) is 11.6 Å². The van der Waals surface area contributed by atoms with Crippen LogP contribution in [-0.4, -0.2) is 38.1 Å². The Morgan fingerprint density at radius 1 is 0.886 bits per heavy atom. The van der Waals surface area contributed by atoms with Crippen molar-refractivity contribution in [3.63, 3.8) is 0 Å². The zero-order valence-electron chi connectivity index (χ0n) is 20.0. The lowest BCUT2D eigenvalue weighted by Gasteiger charge is -2.36. The van der Waals surface area contributed by atoms with Crippen LogP contribution in [0, 0.1) is 0 Å². The molecule has 1 heterocycles. The Kier molecular flexibility index (Phi) is 7.51. The molecule has 1 amide bonds. The number of aromatic amines is 1. The van der Waals surface area contributed by atoms with Crippen molar-refractivity contribution in [2.75, 3.05) is 5.75 Å². The maximum absolute atomic E-state index is 12.7. The minimum atomic E-state index is -0.624. The molecule has 1 aromatic heterocycles. The van der Waals surface area contributed by atoms with Crippen molar-refractivity contribution >= 4 is 17.9 Å². The number of ether oxygens (including phenoxy) is 1. The summed E-state index contributed by atoms with van der Waals surface area (Å²) in [7, 11) is 0. The number of tetrazole rings is 1. The topological polar surface area (TPSA) is 92.8 Å². The molecule has 0 aliphatic heterocycles. The van der Waals surface area contributed by atoms with Crippen LogP contribution in [0.25, 0.3) is 0 Å². The van der Waals surface area contributed by atoms with E-state index in [1.807, 2.05) is 75.4 Å². The van der Waals surface area contributed by atoms with E-state index in [1.165, 1.54) is 0 Å². The highest BCUT2D eigenvalue weighted by molar-refractivity contribution is 8.00. The predicted molar refractivity (Wildman–Crippen MR) is 138 cm³/mol. The Labute approximate surface area is 209 Å². The molecular formula is C27H29N5O2S. The molecule has 1 atom stereocenters. The van der Waals surface area contributed by atoms with Gasteiger partial charge in [0.25, 0.3) is 0 Å². The first kappa shape index (κ1) is 24.5. The summed E-state index contributed by atoms with van der Waals surface area (Å²) in [5, 5.41) is 17.4. The summed E-state index contributed by atoms with van der Waals surface area (Å²) in [5.74, 6) is 0.865. The predicted octanol–water partition coefficient (Wildman–Crippen LogP) is 5.49. The zero-order valence-corrected chi connectivity index (χ0v) is 20.8. The summed E-state index contributed by atoms with van der Waals surface area (Å²) >= 11 is 1.70. The molecule has 3 aromatic carbocycles. The van der Waals surface area contributed by atoms with Crippen LogP contribution < -0.4 is 5.32 Å². The van der Waals surface area contributed by atoms with Crippen molar-refractivity contribution in [2.45, 2.75) is 37.2 Å². The molecular weight excluding hydrogens is 458 g/mol. The molecule has 4 aromatic rings. The third kappa shape index (κ3) is 5.89. The number of thioether (sulfide) groups is 1. The summed E-state index contributed by atoms with van der Waals surface area (Å²) in [6.07, 6.45) is -0.530. The number of rotatable bonds is 8. The van der Waals surface area contributed by atoms with E-state index >= 15 is 0 Å². The van der Waals surface area contributed by atoms with Gasteiger partial charge in [0.1, 0.15) is 11.6 Å². The van der Waals surface area contributed by atoms with Crippen LogP contribution in [0.1, 0.15) is 49.3 Å². The average Bonchev–Trinajstić information content (AvgIpc) is 3.40. The van der Waals surface area contributed by atoms with Crippen molar-refractivity contribution in [3.8, 4) is 0 Å². The summed E-state index contributed by atoms with van der Waals surface area (Å²) in [6, 6.07) is 30.6. The Morgan fingerprint density at radius 3 is 1.77 bits per heavy atom. The lowest BCUT2D eigenvalue weighted by molar-refractivity contribution is 0.0507. The van der Waals surface area contributed by atoms with Crippen LogP contribution in [0.2, 0.25) is 0 Å². The zero-order chi connectivity index (χ0) is 24.7. The number of carbonyl (C=O) groups is 1. The first-order valence-electron chi connectivity index (χ1n) is 11.4. The second kappa shape index (κ2) is 10.7. The van der Waals surface area contributed by atoms with E-state index in [-0.39, 0.29) is 0 Å². The summed E-state index contributed by atoms with van der Waals surface area (Å²) in [6.45, 7) is 5.49. The molecule has 0 bridgehead atoms. The number of aromatic nitrogens is 4. The standard InChI is InChI=1S/C27H29N5O2S/c1-26(2,3)34-25(33)28-23(24-29-31-32-30-24)19-35-27(20-13-7-4-8-14-20,21-15-9-5-10-16-21)22-17-11-6-12-18-22/h4-18,23H,19H2,1-3H3,(H,28,33)(H,29,30,31,32)/t23-/m0/s1. The van der Waals surface area contributed by atoms with E-state index < -0.39 is 22.5 Å². The van der Waals surface area contributed by atoms with E-state index in [9.17, 15) is 4.79 Å². The van der Waals surface area contributed by atoms with Gasteiger partial charge in [-0.25, -0.2) is 4.79 Å². The van der Waals surface area contributed by atoms with Gasteiger partial charge in [-0.05, 0) is 37.5 Å². The van der Waals surface area contributed by atoms with Crippen molar-refractivity contribution in [1.82, 2.24) is 25.9 Å². The largest absolute Gasteiger partial charge is 0.444 e. The third-order valence-corrected chi connectivity index (χ3v) is 7.01. The van der Waals surface area contributed by atoms with Crippen molar-refractivity contribution in [1.29, 1.82) is 0 Å². The highest BCUT2D eigenvalue weighted by atomic mass is 32.2. The molecule has 0 aliphatic rings. The van der Waals surface area contributed by atoms with Gasteiger partial charge in [0.2, 0.25) is 0 Å². The van der Waals surface area contributed by atoms with Gasteiger partial charge in [-0.3, -0.25) is 0 Å². The molecule has 4 rings (SSSR count). The van der Waals surface area contributed by atoms with E-state index in [2.05, 4.69) is 62.3 Å². The maximum atomic E-state index is 12.7. The molecule has 0 unspecified atom stereocenters. The molecule has 7 nitrogen and oxygen atoms in total. The fraction of sp³-hybridized carbons (Fsp3) is 0.259. The maximum Gasteiger partial charge on any atom is 0.408 e. The molecule has 0 spiro atoms. The average molecular weight is 488 g/mol. The normalized spacial score (nSPS) is 12.7. The summed E-state index contributed by atoms with van der Waals surface area (Å²) < 4.78 is 4.97. The molecule has 0 fully saturated rings. The molecule has 0 saturated heterocycles. The fourth-order valence-electron chi connectivity index (χ4n) is 3.92. The summed E-state index contributed by atoms with van der Waals surface area (Å²) in [4.78, 5) is 12.7. The van der Waals surface area contributed by atoms with Gasteiger partial charge in [-0.1, -0.05) is 96.2 Å². The number of nitrogens with one attached hydrogen (secondary N) is 2. The Morgan fingerprint density at radius 2 is 1.37 bits per heavy atom. The first-order chi connectivity index (χ1) is 16.9. The van der Waals surface area contributed by atoms with Crippen LogP contribution in [0.15, 0.2) is 91.0 Å². The number of carbonyl (C=O) groups excluding carboxylic acids is 1. The lowest BCUT2D eigenvalue weighted by Crippen LogP contribution is -2.37. The quantitative estimate of drug-likeness (QED) is 0.319.